The summed E-state index contributed by atoms with van der Waals surface area (Å²) in [6, 6.07) is 0. The molecular weight excluding hydrogens is 190 g/mol. The van der Waals surface area contributed by atoms with Crippen molar-refractivity contribution in [2.75, 3.05) is 32.2 Å². The van der Waals surface area contributed by atoms with Crippen LogP contribution in [-0.4, -0.2) is 46.2 Å². The topological polar surface area (TPSA) is 55.4 Å². The highest BCUT2D eigenvalue weighted by atomic mass is 32.2. The van der Waals surface area contributed by atoms with E-state index in [9.17, 15) is 8.42 Å². The van der Waals surface area contributed by atoms with Crippen molar-refractivity contribution in [1.29, 1.82) is 0 Å². The van der Waals surface area contributed by atoms with Gasteiger partial charge in [-0.2, -0.15) is 0 Å². The van der Waals surface area contributed by atoms with Crippen molar-refractivity contribution in [2.24, 2.45) is 0 Å². The van der Waals surface area contributed by atoms with Crippen LogP contribution in [0.25, 0.3) is 0 Å². The molecule has 0 amide bonds. The van der Waals surface area contributed by atoms with Crippen LogP contribution >= 0.6 is 0 Å². The van der Waals surface area contributed by atoms with E-state index in [1.165, 1.54) is 6.26 Å². The maximum absolute atomic E-state index is 10.8. The first-order chi connectivity index (χ1) is 5.77. The third-order valence-corrected chi connectivity index (χ3v) is 2.70. The Labute approximate surface area is 80.6 Å². The van der Waals surface area contributed by atoms with E-state index < -0.39 is 9.84 Å². The molecular formula is C8H19NO3S. The second-order valence-electron chi connectivity index (χ2n) is 3.77. The fourth-order valence-electron chi connectivity index (χ4n) is 0.719. The van der Waals surface area contributed by atoms with Crippen molar-refractivity contribution in [3.8, 4) is 0 Å². The molecule has 1 N–H and O–H groups in total. The third kappa shape index (κ3) is 8.21. The summed E-state index contributed by atoms with van der Waals surface area (Å²) >= 11 is 0. The summed E-state index contributed by atoms with van der Waals surface area (Å²) in [6.07, 6.45) is 1.23. The molecule has 13 heavy (non-hydrogen) atoms. The van der Waals surface area contributed by atoms with Gasteiger partial charge in [0.25, 0.3) is 0 Å². The molecule has 0 spiro atoms. The van der Waals surface area contributed by atoms with E-state index in [-0.39, 0.29) is 11.4 Å². The summed E-state index contributed by atoms with van der Waals surface area (Å²) in [5.41, 5.74) is -0.239. The van der Waals surface area contributed by atoms with Crippen molar-refractivity contribution >= 4 is 9.84 Å². The van der Waals surface area contributed by atoms with Crippen LogP contribution in [-0.2, 0) is 14.6 Å². The van der Waals surface area contributed by atoms with Gasteiger partial charge in [0.2, 0.25) is 0 Å². The average molecular weight is 209 g/mol. The minimum Gasteiger partial charge on any atom is -0.377 e. The molecule has 0 heterocycles. The minimum atomic E-state index is -2.85. The number of rotatable bonds is 6. The highest BCUT2D eigenvalue weighted by Gasteiger charge is 2.15. The Kier molecular flexibility index (Phi) is 4.88. The van der Waals surface area contributed by atoms with Crippen LogP contribution < -0.4 is 5.32 Å². The maximum Gasteiger partial charge on any atom is 0.148 e. The van der Waals surface area contributed by atoms with Gasteiger partial charge in [-0.05, 0) is 13.8 Å². The maximum atomic E-state index is 10.8. The van der Waals surface area contributed by atoms with Gasteiger partial charge < -0.3 is 10.1 Å². The number of hydrogen-bond donors (Lipinski definition) is 1. The average Bonchev–Trinajstić information content (AvgIpc) is 1.97. The van der Waals surface area contributed by atoms with Crippen LogP contribution in [0.5, 0.6) is 0 Å². The normalized spacial score (nSPS) is 13.2. The zero-order chi connectivity index (χ0) is 10.5. The highest BCUT2D eigenvalue weighted by molar-refractivity contribution is 7.90. The molecule has 0 saturated heterocycles. The molecule has 0 aromatic heterocycles. The molecule has 0 aromatic rings. The Hall–Kier alpha value is -0.130. The van der Waals surface area contributed by atoms with Gasteiger partial charge in [-0.3, -0.25) is 0 Å². The van der Waals surface area contributed by atoms with Gasteiger partial charge >= 0.3 is 0 Å². The van der Waals surface area contributed by atoms with Crippen LogP contribution in [0.3, 0.4) is 0 Å². The summed E-state index contributed by atoms with van der Waals surface area (Å²) in [6.45, 7) is 5.02. The Balaban J connectivity index is 3.58. The van der Waals surface area contributed by atoms with Gasteiger partial charge in [0.15, 0.2) is 0 Å². The first kappa shape index (κ1) is 12.9. The predicted octanol–water partition coefficient (Wildman–Crippen LogP) is 0.0456. The first-order valence-electron chi connectivity index (χ1n) is 4.20. The second kappa shape index (κ2) is 4.93. The summed E-state index contributed by atoms with van der Waals surface area (Å²) in [7, 11) is -1.21. The van der Waals surface area contributed by atoms with Crippen LogP contribution in [0.15, 0.2) is 0 Å². The Bertz CT molecular complexity index is 234. The lowest BCUT2D eigenvalue weighted by Gasteiger charge is -2.23. The molecule has 0 radical (unpaired) electrons. The first-order valence-corrected chi connectivity index (χ1v) is 6.26. The molecule has 0 unspecified atom stereocenters. The summed E-state index contributed by atoms with van der Waals surface area (Å²) in [5.74, 6) is 0.173. The quantitative estimate of drug-likeness (QED) is 0.628. The van der Waals surface area contributed by atoms with E-state index in [2.05, 4.69) is 5.32 Å². The molecule has 0 rings (SSSR count). The number of methoxy groups -OCH3 is 1. The lowest BCUT2D eigenvalue weighted by molar-refractivity contribution is 0.0238. The summed E-state index contributed by atoms with van der Waals surface area (Å²) < 4.78 is 26.7. The van der Waals surface area contributed by atoms with Gasteiger partial charge in [-0.1, -0.05) is 0 Å². The van der Waals surface area contributed by atoms with E-state index in [0.29, 0.717) is 13.1 Å². The smallest absolute Gasteiger partial charge is 0.148 e. The van der Waals surface area contributed by atoms with E-state index >= 15 is 0 Å². The minimum absolute atomic E-state index is 0.173. The van der Waals surface area contributed by atoms with Gasteiger partial charge in [0, 0.05) is 26.5 Å². The van der Waals surface area contributed by atoms with Gasteiger partial charge in [-0.25, -0.2) is 8.42 Å². The third-order valence-electron chi connectivity index (χ3n) is 1.75. The van der Waals surface area contributed by atoms with Crippen molar-refractivity contribution < 1.29 is 13.2 Å². The van der Waals surface area contributed by atoms with E-state index in [4.69, 9.17) is 4.74 Å². The molecule has 0 aromatic carbocycles. The molecule has 0 aliphatic carbocycles. The number of ether oxygens (including phenoxy) is 1. The lowest BCUT2D eigenvalue weighted by atomic mass is 10.1. The van der Waals surface area contributed by atoms with Crippen LogP contribution in [0.4, 0.5) is 0 Å². The van der Waals surface area contributed by atoms with Gasteiger partial charge in [0.05, 0.1) is 11.4 Å². The molecule has 0 fully saturated rings. The van der Waals surface area contributed by atoms with Crippen LogP contribution in [0, 0.1) is 0 Å². The van der Waals surface area contributed by atoms with E-state index in [0.717, 1.165) is 0 Å². The fourth-order valence-corrected chi connectivity index (χ4v) is 1.23. The largest absolute Gasteiger partial charge is 0.377 e. The Morgan fingerprint density at radius 1 is 1.38 bits per heavy atom. The van der Waals surface area contributed by atoms with Crippen molar-refractivity contribution in [2.45, 2.75) is 19.4 Å². The molecule has 0 aliphatic rings. The molecule has 0 atom stereocenters. The molecule has 0 saturated carbocycles. The molecule has 0 aliphatic heterocycles. The van der Waals surface area contributed by atoms with Gasteiger partial charge in [-0.15, -0.1) is 0 Å². The van der Waals surface area contributed by atoms with Crippen LogP contribution in [0.1, 0.15) is 13.8 Å². The molecule has 0 bridgehead atoms. The monoisotopic (exact) mass is 209 g/mol. The second-order valence-corrected chi connectivity index (χ2v) is 6.03. The fraction of sp³-hybridized carbons (Fsp3) is 1.00. The van der Waals surface area contributed by atoms with E-state index in [1.54, 1.807) is 7.11 Å². The lowest BCUT2D eigenvalue weighted by Crippen LogP contribution is -2.38. The highest BCUT2D eigenvalue weighted by Crippen LogP contribution is 2.04. The Morgan fingerprint density at radius 3 is 2.31 bits per heavy atom. The molecule has 4 nitrogen and oxygen atoms in total. The van der Waals surface area contributed by atoms with Crippen molar-refractivity contribution in [1.82, 2.24) is 5.32 Å². The Morgan fingerprint density at radius 2 is 1.92 bits per heavy atom. The zero-order valence-corrected chi connectivity index (χ0v) is 9.57. The summed E-state index contributed by atoms with van der Waals surface area (Å²) in [4.78, 5) is 0. The number of hydrogen-bond acceptors (Lipinski definition) is 4. The standard InChI is InChI=1S/C8H19NO3S/c1-8(2,12-3)7-9-5-6-13(4,10)11/h9H,5-7H2,1-4H3. The van der Waals surface area contributed by atoms with Crippen molar-refractivity contribution in [3.05, 3.63) is 0 Å². The van der Waals surface area contributed by atoms with E-state index in [1.807, 2.05) is 13.8 Å². The summed E-state index contributed by atoms with van der Waals surface area (Å²) in [5, 5.41) is 3.03. The van der Waals surface area contributed by atoms with Crippen LogP contribution in [0.2, 0.25) is 0 Å². The zero-order valence-electron chi connectivity index (χ0n) is 8.75. The predicted molar refractivity (Wildman–Crippen MR) is 53.7 cm³/mol. The van der Waals surface area contributed by atoms with Gasteiger partial charge in [0.1, 0.15) is 9.84 Å². The van der Waals surface area contributed by atoms with Crippen molar-refractivity contribution in [3.63, 3.8) is 0 Å². The number of nitrogens with one attached hydrogen (secondary N) is 1. The molecule has 5 heteroatoms. The number of sulfone groups is 1. The SMILES string of the molecule is COC(C)(C)CNCCS(C)(=O)=O. The molecule has 80 valence electrons.